The molecule has 5 heteroatoms. The Morgan fingerprint density at radius 2 is 2.27 bits per heavy atom. The molecule has 2 unspecified atom stereocenters. The lowest BCUT2D eigenvalue weighted by Crippen LogP contribution is -2.20. The van der Waals surface area contributed by atoms with E-state index in [4.69, 9.17) is 11.6 Å². The number of thioether (sulfide) groups is 2. The summed E-state index contributed by atoms with van der Waals surface area (Å²) in [6, 6.07) is 1.73. The van der Waals surface area contributed by atoms with Crippen molar-refractivity contribution in [3.8, 4) is 0 Å². The predicted molar refractivity (Wildman–Crippen MR) is 68.8 cm³/mol. The van der Waals surface area contributed by atoms with Gasteiger partial charge in [-0.3, -0.25) is 0 Å². The maximum Gasteiger partial charge on any atom is 0.144 e. The normalized spacial score (nSPS) is 26.5. The van der Waals surface area contributed by atoms with E-state index in [1.807, 2.05) is 23.5 Å². The van der Waals surface area contributed by atoms with Gasteiger partial charge in [-0.2, -0.15) is 11.8 Å². The molecule has 2 atom stereocenters. The molecule has 1 aliphatic rings. The second-order valence-corrected chi connectivity index (χ2v) is 6.33. The Bertz CT molecular complexity index is 335. The van der Waals surface area contributed by atoms with Gasteiger partial charge in [0.05, 0.1) is 5.25 Å². The van der Waals surface area contributed by atoms with E-state index in [1.165, 1.54) is 11.5 Å². The van der Waals surface area contributed by atoms with Gasteiger partial charge < -0.3 is 0 Å². The summed E-state index contributed by atoms with van der Waals surface area (Å²) in [5.41, 5.74) is 0. The van der Waals surface area contributed by atoms with Crippen LogP contribution in [0.15, 0.2) is 12.3 Å². The summed E-state index contributed by atoms with van der Waals surface area (Å²) in [4.78, 5) is 8.65. The van der Waals surface area contributed by atoms with Crippen LogP contribution < -0.4 is 0 Å². The van der Waals surface area contributed by atoms with Crippen molar-refractivity contribution in [2.45, 2.75) is 23.8 Å². The topological polar surface area (TPSA) is 25.8 Å². The molecule has 0 amide bonds. The van der Waals surface area contributed by atoms with E-state index in [-0.39, 0.29) is 0 Å². The van der Waals surface area contributed by atoms with Crippen LogP contribution >= 0.6 is 35.1 Å². The minimum atomic E-state index is 0.410. The first kappa shape index (κ1) is 11.6. The van der Waals surface area contributed by atoms with E-state index in [0.29, 0.717) is 15.7 Å². The van der Waals surface area contributed by atoms with Crippen molar-refractivity contribution in [1.82, 2.24) is 9.97 Å². The highest BCUT2D eigenvalue weighted by Gasteiger charge is 2.28. The molecule has 0 aliphatic carbocycles. The number of rotatable bonds is 2. The summed E-state index contributed by atoms with van der Waals surface area (Å²) < 4.78 is 0. The monoisotopic (exact) mass is 260 g/mol. The average molecular weight is 261 g/mol. The van der Waals surface area contributed by atoms with E-state index in [1.54, 1.807) is 12.3 Å². The summed E-state index contributed by atoms with van der Waals surface area (Å²) in [6.45, 7) is 2.22. The van der Waals surface area contributed by atoms with Crippen molar-refractivity contribution in [2.24, 2.45) is 0 Å². The predicted octanol–water partition coefficient (Wildman–Crippen LogP) is 3.43. The van der Waals surface area contributed by atoms with Gasteiger partial charge in [-0.25, -0.2) is 9.97 Å². The van der Waals surface area contributed by atoms with E-state index in [0.717, 1.165) is 12.2 Å². The van der Waals surface area contributed by atoms with Gasteiger partial charge in [-0.15, -0.1) is 11.8 Å². The number of nitrogens with zero attached hydrogens (tertiary/aromatic N) is 2. The number of aromatic nitrogens is 2. The third kappa shape index (κ3) is 2.80. The molecule has 0 bridgehead atoms. The van der Waals surface area contributed by atoms with Crippen LogP contribution in [0.3, 0.4) is 0 Å². The maximum atomic E-state index is 5.89. The van der Waals surface area contributed by atoms with Crippen molar-refractivity contribution < 1.29 is 0 Å². The molecule has 1 fully saturated rings. The molecular weight excluding hydrogens is 248 g/mol. The Labute approximate surface area is 104 Å². The summed E-state index contributed by atoms with van der Waals surface area (Å²) in [5.74, 6) is 3.31. The fourth-order valence-electron chi connectivity index (χ4n) is 1.63. The smallest absolute Gasteiger partial charge is 0.144 e. The molecule has 1 aliphatic heterocycles. The lowest BCUT2D eigenvalue weighted by molar-refractivity contribution is 0.749. The summed E-state index contributed by atoms with van der Waals surface area (Å²) in [6.07, 6.45) is 2.91. The summed E-state index contributed by atoms with van der Waals surface area (Å²) in [5, 5.41) is 1.58. The van der Waals surface area contributed by atoms with E-state index in [2.05, 4.69) is 16.9 Å². The molecule has 2 rings (SSSR count). The highest BCUT2D eigenvalue weighted by atomic mass is 35.5. The first-order chi connectivity index (χ1) is 7.31. The molecule has 0 aromatic carbocycles. The average Bonchev–Trinajstić information content (AvgIpc) is 2.29. The van der Waals surface area contributed by atoms with Gasteiger partial charge in [0.25, 0.3) is 0 Å². The Balaban J connectivity index is 2.20. The van der Waals surface area contributed by atoms with Crippen LogP contribution in [-0.2, 0) is 0 Å². The van der Waals surface area contributed by atoms with Crippen molar-refractivity contribution >= 4 is 35.1 Å². The van der Waals surface area contributed by atoms with E-state index >= 15 is 0 Å². The fourth-order valence-corrected chi connectivity index (χ4v) is 4.77. The van der Waals surface area contributed by atoms with E-state index in [9.17, 15) is 0 Å². The Hall–Kier alpha value is 0.0700. The minimum absolute atomic E-state index is 0.410. The zero-order valence-electron chi connectivity index (χ0n) is 8.52. The molecule has 2 nitrogen and oxygen atoms in total. The molecule has 1 aromatic heterocycles. The third-order valence-corrected chi connectivity index (χ3v) is 5.80. The van der Waals surface area contributed by atoms with Crippen LogP contribution in [0.4, 0.5) is 0 Å². The standard InChI is InChI=1S/C10H13ClN2S2/c1-2-7-9(15-6-5-14-7)10-12-4-3-8(11)13-10/h3-4,7,9H,2,5-6H2,1H3. The minimum Gasteiger partial charge on any atom is -0.240 e. The number of halogens is 1. The van der Waals surface area contributed by atoms with Gasteiger partial charge in [0, 0.05) is 23.0 Å². The highest BCUT2D eigenvalue weighted by Crippen LogP contribution is 2.42. The van der Waals surface area contributed by atoms with Crippen LogP contribution in [-0.4, -0.2) is 26.7 Å². The van der Waals surface area contributed by atoms with Crippen LogP contribution in [0, 0.1) is 0 Å². The van der Waals surface area contributed by atoms with Gasteiger partial charge in [-0.05, 0) is 12.5 Å². The van der Waals surface area contributed by atoms with Crippen LogP contribution in [0.5, 0.6) is 0 Å². The number of hydrogen-bond acceptors (Lipinski definition) is 4. The van der Waals surface area contributed by atoms with Crippen molar-refractivity contribution in [3.05, 3.63) is 23.2 Å². The first-order valence-electron chi connectivity index (χ1n) is 5.03. The summed E-state index contributed by atoms with van der Waals surface area (Å²) >= 11 is 9.87. The Kier molecular flexibility index (Phi) is 4.17. The van der Waals surface area contributed by atoms with Gasteiger partial charge in [0.2, 0.25) is 0 Å². The van der Waals surface area contributed by atoms with Gasteiger partial charge >= 0.3 is 0 Å². The molecule has 0 spiro atoms. The zero-order chi connectivity index (χ0) is 10.7. The lowest BCUT2D eigenvalue weighted by atomic mass is 10.2. The molecule has 15 heavy (non-hydrogen) atoms. The largest absolute Gasteiger partial charge is 0.240 e. The molecule has 2 heterocycles. The summed E-state index contributed by atoms with van der Waals surface area (Å²) in [7, 11) is 0. The molecule has 1 saturated heterocycles. The Morgan fingerprint density at radius 3 is 3.00 bits per heavy atom. The van der Waals surface area contributed by atoms with Gasteiger partial charge in [-0.1, -0.05) is 18.5 Å². The van der Waals surface area contributed by atoms with Crippen LogP contribution in [0.25, 0.3) is 0 Å². The second kappa shape index (κ2) is 5.41. The Morgan fingerprint density at radius 1 is 1.47 bits per heavy atom. The zero-order valence-corrected chi connectivity index (χ0v) is 10.9. The quantitative estimate of drug-likeness (QED) is 0.761. The molecule has 0 N–H and O–H groups in total. The molecule has 0 saturated carbocycles. The van der Waals surface area contributed by atoms with Gasteiger partial charge in [0.1, 0.15) is 11.0 Å². The van der Waals surface area contributed by atoms with Crippen LogP contribution in [0.2, 0.25) is 5.15 Å². The highest BCUT2D eigenvalue weighted by molar-refractivity contribution is 8.06. The maximum absolute atomic E-state index is 5.89. The first-order valence-corrected chi connectivity index (χ1v) is 7.50. The molecule has 0 radical (unpaired) electrons. The van der Waals surface area contributed by atoms with Crippen molar-refractivity contribution in [3.63, 3.8) is 0 Å². The second-order valence-electron chi connectivity index (χ2n) is 3.35. The third-order valence-electron chi connectivity index (χ3n) is 2.35. The molecular formula is C10H13ClN2S2. The fraction of sp³-hybridized carbons (Fsp3) is 0.600. The van der Waals surface area contributed by atoms with Crippen LogP contribution in [0.1, 0.15) is 24.4 Å². The van der Waals surface area contributed by atoms with Crippen molar-refractivity contribution in [1.29, 1.82) is 0 Å². The van der Waals surface area contributed by atoms with E-state index < -0.39 is 0 Å². The van der Waals surface area contributed by atoms with Gasteiger partial charge in [0.15, 0.2) is 0 Å². The molecule has 1 aromatic rings. The lowest BCUT2D eigenvalue weighted by Gasteiger charge is -2.28. The van der Waals surface area contributed by atoms with Crippen molar-refractivity contribution in [2.75, 3.05) is 11.5 Å². The number of hydrogen-bond donors (Lipinski definition) is 0. The molecule has 82 valence electrons. The SMILES string of the molecule is CCC1SCCSC1c1nccc(Cl)n1.